The summed E-state index contributed by atoms with van der Waals surface area (Å²) in [4.78, 5) is 0. The molecule has 0 amide bonds. The zero-order valence-electron chi connectivity index (χ0n) is 8.62. The Bertz CT molecular complexity index is 277. The molecule has 2 nitrogen and oxygen atoms in total. The first-order valence-corrected chi connectivity index (χ1v) is 5.23. The predicted octanol–water partition coefficient (Wildman–Crippen LogP) is 2.80. The Labute approximate surface area is 85.3 Å². The van der Waals surface area contributed by atoms with Crippen LogP contribution in [0.2, 0.25) is 0 Å². The van der Waals surface area contributed by atoms with Crippen molar-refractivity contribution in [1.82, 2.24) is 0 Å². The Morgan fingerprint density at radius 3 is 2.50 bits per heavy atom. The summed E-state index contributed by atoms with van der Waals surface area (Å²) >= 11 is 0. The Morgan fingerprint density at radius 1 is 1.29 bits per heavy atom. The summed E-state index contributed by atoms with van der Waals surface area (Å²) in [5.41, 5.74) is 2.46. The molecule has 76 valence electrons. The second-order valence-corrected chi connectivity index (χ2v) is 3.90. The van der Waals surface area contributed by atoms with Gasteiger partial charge in [-0.2, -0.15) is 0 Å². The molecule has 1 aromatic carbocycles. The lowest BCUT2D eigenvalue weighted by molar-refractivity contribution is 0.185. The molecule has 0 spiro atoms. The molecule has 0 bridgehead atoms. The smallest absolute Gasteiger partial charge is 0.0713 e. The molecule has 0 aromatic heterocycles. The average Bonchev–Trinajstić information content (AvgIpc) is 2.14. The Morgan fingerprint density at radius 2 is 2.00 bits per heavy atom. The quantitative estimate of drug-likeness (QED) is 0.790. The standard InChI is InChI=1S/C12H17NO/c1-14-9-10-5-7-12(8-6-10)13-11-3-2-4-11/h5-8,11,13H,2-4,9H2,1H3. The number of rotatable bonds is 4. The molecular formula is C12H17NO. The third-order valence-corrected chi connectivity index (χ3v) is 2.74. The van der Waals surface area contributed by atoms with Crippen molar-refractivity contribution in [2.45, 2.75) is 31.9 Å². The van der Waals surface area contributed by atoms with Crippen LogP contribution in [-0.2, 0) is 11.3 Å². The van der Waals surface area contributed by atoms with Crippen LogP contribution < -0.4 is 5.32 Å². The fraction of sp³-hybridized carbons (Fsp3) is 0.500. The van der Waals surface area contributed by atoms with Crippen LogP contribution in [0.5, 0.6) is 0 Å². The fourth-order valence-corrected chi connectivity index (χ4v) is 1.65. The molecule has 2 rings (SSSR count). The molecule has 1 aliphatic rings. The highest BCUT2D eigenvalue weighted by Crippen LogP contribution is 2.23. The van der Waals surface area contributed by atoms with Crippen molar-refractivity contribution in [1.29, 1.82) is 0 Å². The number of hydrogen-bond acceptors (Lipinski definition) is 2. The number of ether oxygens (including phenoxy) is 1. The molecule has 0 unspecified atom stereocenters. The van der Waals surface area contributed by atoms with Gasteiger partial charge in [0, 0.05) is 18.8 Å². The Balaban J connectivity index is 1.91. The van der Waals surface area contributed by atoms with Crippen LogP contribution in [0.1, 0.15) is 24.8 Å². The Hall–Kier alpha value is -1.02. The van der Waals surface area contributed by atoms with Crippen molar-refractivity contribution in [3.63, 3.8) is 0 Å². The van der Waals surface area contributed by atoms with Gasteiger partial charge in [-0.15, -0.1) is 0 Å². The van der Waals surface area contributed by atoms with Crippen molar-refractivity contribution in [2.75, 3.05) is 12.4 Å². The topological polar surface area (TPSA) is 21.3 Å². The first kappa shape index (κ1) is 9.53. The average molecular weight is 191 g/mol. The van der Waals surface area contributed by atoms with Gasteiger partial charge < -0.3 is 10.1 Å². The SMILES string of the molecule is COCc1ccc(NC2CCC2)cc1. The van der Waals surface area contributed by atoms with Crippen molar-refractivity contribution < 1.29 is 4.74 Å². The summed E-state index contributed by atoms with van der Waals surface area (Å²) in [5, 5.41) is 3.51. The highest BCUT2D eigenvalue weighted by molar-refractivity contribution is 5.45. The molecule has 14 heavy (non-hydrogen) atoms. The lowest BCUT2D eigenvalue weighted by Crippen LogP contribution is -2.26. The van der Waals surface area contributed by atoms with Crippen LogP contribution in [0.15, 0.2) is 24.3 Å². The molecule has 0 radical (unpaired) electrons. The molecule has 0 atom stereocenters. The van der Waals surface area contributed by atoms with Crippen LogP contribution in [0.25, 0.3) is 0 Å². The second-order valence-electron chi connectivity index (χ2n) is 3.90. The van der Waals surface area contributed by atoms with E-state index in [1.54, 1.807) is 7.11 Å². The first-order chi connectivity index (χ1) is 6.88. The number of hydrogen-bond donors (Lipinski definition) is 1. The normalized spacial score (nSPS) is 16.4. The van der Waals surface area contributed by atoms with Crippen molar-refractivity contribution in [2.24, 2.45) is 0 Å². The molecule has 0 saturated heterocycles. The van der Waals surface area contributed by atoms with Crippen LogP contribution in [0, 0.1) is 0 Å². The van der Waals surface area contributed by atoms with Gasteiger partial charge in [-0.25, -0.2) is 0 Å². The third kappa shape index (κ3) is 2.26. The molecule has 1 aromatic rings. The van der Waals surface area contributed by atoms with Gasteiger partial charge in [-0.05, 0) is 37.0 Å². The van der Waals surface area contributed by atoms with Crippen LogP contribution in [0.4, 0.5) is 5.69 Å². The van der Waals surface area contributed by atoms with E-state index in [1.165, 1.54) is 30.5 Å². The Kier molecular flexibility index (Phi) is 3.04. The fourth-order valence-electron chi connectivity index (χ4n) is 1.65. The number of anilines is 1. The summed E-state index contributed by atoms with van der Waals surface area (Å²) in [6.07, 6.45) is 4.01. The van der Waals surface area contributed by atoms with Gasteiger partial charge in [0.15, 0.2) is 0 Å². The maximum Gasteiger partial charge on any atom is 0.0713 e. The van der Waals surface area contributed by atoms with Crippen LogP contribution in [0.3, 0.4) is 0 Å². The van der Waals surface area contributed by atoms with E-state index >= 15 is 0 Å². The number of methoxy groups -OCH3 is 1. The molecule has 1 N–H and O–H groups in total. The summed E-state index contributed by atoms with van der Waals surface area (Å²) in [7, 11) is 1.72. The summed E-state index contributed by atoms with van der Waals surface area (Å²) in [6, 6.07) is 9.21. The first-order valence-electron chi connectivity index (χ1n) is 5.23. The second kappa shape index (κ2) is 4.47. The molecule has 1 fully saturated rings. The maximum atomic E-state index is 5.06. The molecule has 0 heterocycles. The van der Waals surface area contributed by atoms with Gasteiger partial charge >= 0.3 is 0 Å². The number of nitrogens with one attached hydrogen (secondary N) is 1. The van der Waals surface area contributed by atoms with E-state index in [9.17, 15) is 0 Å². The molecule has 0 aliphatic heterocycles. The molecular weight excluding hydrogens is 174 g/mol. The lowest BCUT2D eigenvalue weighted by atomic mass is 9.93. The van der Waals surface area contributed by atoms with Gasteiger partial charge in [-0.1, -0.05) is 12.1 Å². The van der Waals surface area contributed by atoms with Gasteiger partial charge in [0.2, 0.25) is 0 Å². The van der Waals surface area contributed by atoms with E-state index in [0.717, 1.165) is 0 Å². The van der Waals surface area contributed by atoms with Gasteiger partial charge in [0.25, 0.3) is 0 Å². The van der Waals surface area contributed by atoms with Gasteiger partial charge in [0.1, 0.15) is 0 Å². The minimum absolute atomic E-state index is 0.698. The maximum absolute atomic E-state index is 5.06. The zero-order chi connectivity index (χ0) is 9.80. The van der Waals surface area contributed by atoms with Crippen molar-refractivity contribution in [3.8, 4) is 0 Å². The van der Waals surface area contributed by atoms with Crippen LogP contribution >= 0.6 is 0 Å². The van der Waals surface area contributed by atoms with Crippen LogP contribution in [-0.4, -0.2) is 13.2 Å². The monoisotopic (exact) mass is 191 g/mol. The minimum Gasteiger partial charge on any atom is -0.382 e. The minimum atomic E-state index is 0.698. The summed E-state index contributed by atoms with van der Waals surface area (Å²) < 4.78 is 5.06. The van der Waals surface area contributed by atoms with E-state index < -0.39 is 0 Å². The molecule has 2 heteroatoms. The lowest BCUT2D eigenvalue weighted by Gasteiger charge is -2.27. The highest BCUT2D eigenvalue weighted by atomic mass is 16.5. The van der Waals surface area contributed by atoms with E-state index in [2.05, 4.69) is 29.6 Å². The van der Waals surface area contributed by atoms with E-state index in [0.29, 0.717) is 12.6 Å². The van der Waals surface area contributed by atoms with Gasteiger partial charge in [-0.3, -0.25) is 0 Å². The number of benzene rings is 1. The van der Waals surface area contributed by atoms with E-state index in [1.807, 2.05) is 0 Å². The zero-order valence-corrected chi connectivity index (χ0v) is 8.62. The van der Waals surface area contributed by atoms with Crippen molar-refractivity contribution >= 4 is 5.69 Å². The van der Waals surface area contributed by atoms with Gasteiger partial charge in [0.05, 0.1) is 6.61 Å². The highest BCUT2D eigenvalue weighted by Gasteiger charge is 2.16. The summed E-state index contributed by atoms with van der Waals surface area (Å²) in [5.74, 6) is 0. The van der Waals surface area contributed by atoms with E-state index in [-0.39, 0.29) is 0 Å². The molecule has 1 saturated carbocycles. The van der Waals surface area contributed by atoms with Crippen molar-refractivity contribution in [3.05, 3.63) is 29.8 Å². The summed E-state index contributed by atoms with van der Waals surface area (Å²) in [6.45, 7) is 0.698. The largest absolute Gasteiger partial charge is 0.382 e. The predicted molar refractivity (Wildman–Crippen MR) is 58.4 cm³/mol. The third-order valence-electron chi connectivity index (χ3n) is 2.74. The van der Waals surface area contributed by atoms with E-state index in [4.69, 9.17) is 4.74 Å². The molecule has 1 aliphatic carbocycles.